The summed E-state index contributed by atoms with van der Waals surface area (Å²) in [6, 6.07) is 5.99. The van der Waals surface area contributed by atoms with E-state index in [-0.39, 0.29) is 0 Å². The number of hydrogen-bond donors (Lipinski definition) is 1. The molecule has 1 aromatic carbocycles. The molecule has 0 amide bonds. The van der Waals surface area contributed by atoms with Crippen LogP contribution in [0.4, 0.5) is 11.5 Å². The molecule has 0 aliphatic carbocycles. The Hall–Kier alpha value is -0.650. The SMILES string of the molecule is Cc1ccc(Br)cc1Nc1ncnc(Cl)c1Br. The third kappa shape index (κ3) is 2.97. The van der Waals surface area contributed by atoms with Gasteiger partial charge < -0.3 is 5.32 Å². The summed E-state index contributed by atoms with van der Waals surface area (Å²) in [5, 5.41) is 3.59. The Labute approximate surface area is 121 Å². The number of nitrogens with zero attached hydrogens (tertiary/aromatic N) is 2. The second-order valence-corrected chi connectivity index (χ2v) is 5.48. The lowest BCUT2D eigenvalue weighted by Gasteiger charge is -2.10. The molecular weight excluding hydrogens is 369 g/mol. The highest BCUT2D eigenvalue weighted by atomic mass is 79.9. The molecule has 0 radical (unpaired) electrons. The Bertz CT molecular complexity index is 560. The predicted octanol–water partition coefficient (Wildman–Crippen LogP) is 4.71. The molecule has 3 nitrogen and oxygen atoms in total. The number of benzene rings is 1. The van der Waals surface area contributed by atoms with Crippen molar-refractivity contribution in [2.24, 2.45) is 0 Å². The maximum absolute atomic E-state index is 5.90. The van der Waals surface area contributed by atoms with Gasteiger partial charge in [0.05, 0.1) is 4.47 Å². The number of nitrogens with one attached hydrogen (secondary N) is 1. The first kappa shape index (κ1) is 12.8. The van der Waals surface area contributed by atoms with E-state index in [0.717, 1.165) is 15.7 Å². The van der Waals surface area contributed by atoms with E-state index < -0.39 is 0 Å². The molecule has 0 aliphatic heterocycles. The molecule has 0 spiro atoms. The smallest absolute Gasteiger partial charge is 0.149 e. The Morgan fingerprint density at radius 1 is 1.24 bits per heavy atom. The fraction of sp³-hybridized carbons (Fsp3) is 0.0909. The summed E-state index contributed by atoms with van der Waals surface area (Å²) >= 11 is 12.7. The highest BCUT2D eigenvalue weighted by molar-refractivity contribution is 9.11. The molecule has 0 saturated heterocycles. The molecule has 17 heavy (non-hydrogen) atoms. The molecule has 2 rings (SSSR count). The third-order valence-electron chi connectivity index (χ3n) is 2.20. The van der Waals surface area contributed by atoms with Gasteiger partial charge in [0.1, 0.15) is 17.3 Å². The number of aryl methyl sites for hydroxylation is 1. The minimum Gasteiger partial charge on any atom is -0.339 e. The number of aromatic nitrogens is 2. The minimum atomic E-state index is 0.384. The van der Waals surface area contributed by atoms with Crippen LogP contribution in [-0.2, 0) is 0 Å². The van der Waals surface area contributed by atoms with Crippen molar-refractivity contribution in [2.45, 2.75) is 6.92 Å². The second-order valence-electron chi connectivity index (χ2n) is 3.41. The van der Waals surface area contributed by atoms with Crippen molar-refractivity contribution < 1.29 is 0 Å². The topological polar surface area (TPSA) is 37.8 Å². The lowest BCUT2D eigenvalue weighted by atomic mass is 10.2. The van der Waals surface area contributed by atoms with Crippen LogP contribution < -0.4 is 5.32 Å². The highest BCUT2D eigenvalue weighted by Gasteiger charge is 2.08. The largest absolute Gasteiger partial charge is 0.339 e. The fourth-order valence-corrected chi connectivity index (χ4v) is 2.09. The second kappa shape index (κ2) is 5.33. The van der Waals surface area contributed by atoms with Gasteiger partial charge in [-0.25, -0.2) is 9.97 Å². The van der Waals surface area contributed by atoms with Crippen molar-refractivity contribution in [3.8, 4) is 0 Å². The van der Waals surface area contributed by atoms with Gasteiger partial charge >= 0.3 is 0 Å². The first-order chi connectivity index (χ1) is 8.08. The number of hydrogen-bond acceptors (Lipinski definition) is 3. The van der Waals surface area contributed by atoms with Gasteiger partial charge in [-0.2, -0.15) is 0 Å². The molecule has 1 N–H and O–H groups in total. The molecule has 6 heteroatoms. The molecule has 1 heterocycles. The van der Waals surface area contributed by atoms with Gasteiger partial charge in [0.2, 0.25) is 0 Å². The van der Waals surface area contributed by atoms with Crippen LogP contribution in [0.1, 0.15) is 5.56 Å². The summed E-state index contributed by atoms with van der Waals surface area (Å²) in [7, 11) is 0. The van der Waals surface area contributed by atoms with Crippen LogP contribution in [0.15, 0.2) is 33.5 Å². The summed E-state index contributed by atoms with van der Waals surface area (Å²) in [6.45, 7) is 2.02. The molecule has 0 unspecified atom stereocenters. The van der Waals surface area contributed by atoms with E-state index >= 15 is 0 Å². The lowest BCUT2D eigenvalue weighted by molar-refractivity contribution is 1.15. The molecule has 0 saturated carbocycles. The summed E-state index contributed by atoms with van der Waals surface area (Å²) in [4.78, 5) is 8.02. The molecular formula is C11H8Br2ClN3. The molecule has 2 aromatic rings. The number of anilines is 2. The van der Waals surface area contributed by atoms with Crippen LogP contribution >= 0.6 is 43.5 Å². The van der Waals surface area contributed by atoms with Crippen LogP contribution in [-0.4, -0.2) is 9.97 Å². The van der Waals surface area contributed by atoms with Gasteiger partial charge in [0.25, 0.3) is 0 Å². The van der Waals surface area contributed by atoms with E-state index in [1.807, 2.05) is 25.1 Å². The van der Waals surface area contributed by atoms with Crippen LogP contribution in [0.3, 0.4) is 0 Å². The van der Waals surface area contributed by atoms with E-state index in [1.165, 1.54) is 6.33 Å². The van der Waals surface area contributed by atoms with Crippen molar-refractivity contribution in [1.29, 1.82) is 0 Å². The van der Waals surface area contributed by atoms with Crippen molar-refractivity contribution >= 4 is 55.0 Å². The van der Waals surface area contributed by atoms with Crippen molar-refractivity contribution in [3.05, 3.63) is 44.2 Å². The van der Waals surface area contributed by atoms with E-state index in [4.69, 9.17) is 11.6 Å². The molecule has 0 fully saturated rings. The predicted molar refractivity (Wildman–Crippen MR) is 76.9 cm³/mol. The van der Waals surface area contributed by atoms with E-state index in [9.17, 15) is 0 Å². The summed E-state index contributed by atoms with van der Waals surface area (Å²) in [5.41, 5.74) is 2.09. The molecule has 1 aromatic heterocycles. The standard InChI is InChI=1S/C11H8Br2ClN3/c1-6-2-3-7(12)4-8(6)17-11-9(13)10(14)15-5-16-11/h2-5H,1H3,(H,15,16,17). The maximum Gasteiger partial charge on any atom is 0.149 e. The van der Waals surface area contributed by atoms with Crippen molar-refractivity contribution in [2.75, 3.05) is 5.32 Å². The summed E-state index contributed by atoms with van der Waals surface area (Å²) in [6.07, 6.45) is 1.42. The van der Waals surface area contributed by atoms with Gasteiger partial charge in [-0.15, -0.1) is 0 Å². The van der Waals surface area contributed by atoms with Crippen LogP contribution in [0.5, 0.6) is 0 Å². The van der Waals surface area contributed by atoms with Crippen LogP contribution in [0.25, 0.3) is 0 Å². The van der Waals surface area contributed by atoms with E-state index in [2.05, 4.69) is 47.1 Å². The third-order valence-corrected chi connectivity index (χ3v) is 3.96. The van der Waals surface area contributed by atoms with Gasteiger partial charge in [0, 0.05) is 10.2 Å². The fourth-order valence-electron chi connectivity index (χ4n) is 1.29. The van der Waals surface area contributed by atoms with Crippen molar-refractivity contribution in [1.82, 2.24) is 9.97 Å². The molecule has 0 atom stereocenters. The van der Waals surface area contributed by atoms with Crippen molar-refractivity contribution in [3.63, 3.8) is 0 Å². The van der Waals surface area contributed by atoms with Crippen LogP contribution in [0, 0.1) is 6.92 Å². The molecule has 88 valence electrons. The van der Waals surface area contributed by atoms with E-state index in [0.29, 0.717) is 15.4 Å². The first-order valence-corrected chi connectivity index (χ1v) is 6.73. The zero-order valence-corrected chi connectivity index (χ0v) is 12.8. The average Bonchev–Trinajstić information content (AvgIpc) is 2.30. The Morgan fingerprint density at radius 3 is 2.76 bits per heavy atom. The monoisotopic (exact) mass is 375 g/mol. The molecule has 0 bridgehead atoms. The summed E-state index contributed by atoms with van der Waals surface area (Å²) in [5.74, 6) is 0.645. The first-order valence-electron chi connectivity index (χ1n) is 4.77. The zero-order chi connectivity index (χ0) is 12.4. The summed E-state index contributed by atoms with van der Waals surface area (Å²) < 4.78 is 1.66. The maximum atomic E-state index is 5.90. The quantitative estimate of drug-likeness (QED) is 0.771. The average molecular weight is 377 g/mol. The Balaban J connectivity index is 2.38. The van der Waals surface area contributed by atoms with Gasteiger partial charge in [-0.05, 0) is 40.5 Å². The normalized spacial score (nSPS) is 10.4. The Morgan fingerprint density at radius 2 is 2.00 bits per heavy atom. The molecule has 0 aliphatic rings. The lowest BCUT2D eigenvalue weighted by Crippen LogP contribution is -1.98. The highest BCUT2D eigenvalue weighted by Crippen LogP contribution is 2.30. The van der Waals surface area contributed by atoms with E-state index in [1.54, 1.807) is 0 Å². The number of rotatable bonds is 2. The van der Waals surface area contributed by atoms with Crippen LogP contribution in [0.2, 0.25) is 5.15 Å². The van der Waals surface area contributed by atoms with Gasteiger partial charge in [-0.1, -0.05) is 33.6 Å². The van der Waals surface area contributed by atoms with Gasteiger partial charge in [-0.3, -0.25) is 0 Å². The minimum absolute atomic E-state index is 0.384. The number of halogens is 3. The van der Waals surface area contributed by atoms with Gasteiger partial charge in [0.15, 0.2) is 0 Å². The Kier molecular flexibility index (Phi) is 4.01. The zero-order valence-electron chi connectivity index (χ0n) is 8.84.